The first kappa shape index (κ1) is 20.3. The van der Waals surface area contributed by atoms with Crippen molar-refractivity contribution in [3.8, 4) is 12.3 Å². The van der Waals surface area contributed by atoms with Gasteiger partial charge < -0.3 is 9.47 Å². The van der Waals surface area contributed by atoms with Gasteiger partial charge in [0.15, 0.2) is 0 Å². The van der Waals surface area contributed by atoms with E-state index in [1.54, 1.807) is 6.92 Å². The van der Waals surface area contributed by atoms with E-state index < -0.39 is 18.1 Å². The molecule has 0 saturated heterocycles. The van der Waals surface area contributed by atoms with Gasteiger partial charge in [0, 0.05) is 13.5 Å². The number of carbonyl (C=O) groups excluding carboxylic acids is 2. The van der Waals surface area contributed by atoms with Gasteiger partial charge in [0.25, 0.3) is 0 Å². The standard InChI is InChI=1S/C17H29NO4/c1-5-7-9-10-11-12-14-21-16(19)15(3)18(4)17(20)22-13-8-6-2/h2,15H,5,7-14H2,1,3-4H3. The summed E-state index contributed by atoms with van der Waals surface area (Å²) >= 11 is 0. The van der Waals surface area contributed by atoms with E-state index in [0.717, 1.165) is 12.8 Å². The normalized spacial score (nSPS) is 11.4. The molecule has 0 heterocycles. The third-order valence-corrected chi connectivity index (χ3v) is 3.42. The Bertz CT molecular complexity index is 362. The molecule has 0 aliphatic heterocycles. The first-order valence-electron chi connectivity index (χ1n) is 8.04. The molecule has 0 spiro atoms. The molecule has 0 rings (SSSR count). The summed E-state index contributed by atoms with van der Waals surface area (Å²) < 4.78 is 10.1. The van der Waals surface area contributed by atoms with Crippen LogP contribution in [0.5, 0.6) is 0 Å². The molecule has 5 heteroatoms. The molecule has 0 aromatic heterocycles. The minimum atomic E-state index is -0.668. The number of nitrogens with zero attached hydrogens (tertiary/aromatic N) is 1. The minimum absolute atomic E-state index is 0.152. The highest BCUT2D eigenvalue weighted by Crippen LogP contribution is 2.06. The molecule has 0 saturated carbocycles. The van der Waals surface area contributed by atoms with E-state index in [1.807, 2.05) is 0 Å². The molecule has 0 bridgehead atoms. The Morgan fingerprint density at radius 3 is 2.36 bits per heavy atom. The van der Waals surface area contributed by atoms with Gasteiger partial charge in [-0.15, -0.1) is 12.3 Å². The Kier molecular flexibility index (Phi) is 12.0. The van der Waals surface area contributed by atoms with Crippen molar-refractivity contribution >= 4 is 12.1 Å². The molecular weight excluding hydrogens is 282 g/mol. The van der Waals surface area contributed by atoms with Gasteiger partial charge in [0.05, 0.1) is 6.61 Å². The summed E-state index contributed by atoms with van der Waals surface area (Å²) in [6.07, 6.45) is 11.7. The van der Waals surface area contributed by atoms with E-state index in [2.05, 4.69) is 12.8 Å². The molecule has 5 nitrogen and oxygen atoms in total. The fourth-order valence-electron chi connectivity index (χ4n) is 1.79. The zero-order valence-corrected chi connectivity index (χ0v) is 14.1. The maximum Gasteiger partial charge on any atom is 0.410 e. The van der Waals surface area contributed by atoms with E-state index in [-0.39, 0.29) is 6.61 Å². The Balaban J connectivity index is 3.85. The van der Waals surface area contributed by atoms with Crippen LogP contribution in [0.3, 0.4) is 0 Å². The van der Waals surface area contributed by atoms with Crippen LogP contribution in [0.4, 0.5) is 4.79 Å². The summed E-state index contributed by atoms with van der Waals surface area (Å²) in [5.74, 6) is 1.97. The monoisotopic (exact) mass is 311 g/mol. The fraction of sp³-hybridized carbons (Fsp3) is 0.765. The van der Waals surface area contributed by atoms with Crippen molar-refractivity contribution in [2.75, 3.05) is 20.3 Å². The number of carbonyl (C=O) groups is 2. The Labute approximate surface area is 134 Å². The predicted molar refractivity (Wildman–Crippen MR) is 86.4 cm³/mol. The number of terminal acetylenes is 1. The quantitative estimate of drug-likeness (QED) is 0.333. The average molecular weight is 311 g/mol. The second kappa shape index (κ2) is 13.0. The van der Waals surface area contributed by atoms with E-state index in [4.69, 9.17) is 15.9 Å². The van der Waals surface area contributed by atoms with Crippen molar-refractivity contribution in [1.82, 2.24) is 4.90 Å². The Morgan fingerprint density at radius 1 is 1.09 bits per heavy atom. The SMILES string of the molecule is C#CCCOC(=O)N(C)C(C)C(=O)OCCCCCCCC. The Morgan fingerprint density at radius 2 is 1.73 bits per heavy atom. The summed E-state index contributed by atoms with van der Waals surface area (Å²) in [4.78, 5) is 24.7. The van der Waals surface area contributed by atoms with Gasteiger partial charge in [0.1, 0.15) is 12.6 Å². The van der Waals surface area contributed by atoms with Crippen LogP contribution in [0.2, 0.25) is 0 Å². The van der Waals surface area contributed by atoms with Crippen molar-refractivity contribution in [3.05, 3.63) is 0 Å². The van der Waals surface area contributed by atoms with E-state index in [9.17, 15) is 9.59 Å². The average Bonchev–Trinajstić information content (AvgIpc) is 2.52. The van der Waals surface area contributed by atoms with Crippen LogP contribution in [0.15, 0.2) is 0 Å². The van der Waals surface area contributed by atoms with Gasteiger partial charge in [-0.25, -0.2) is 9.59 Å². The van der Waals surface area contributed by atoms with Crippen LogP contribution in [0.1, 0.15) is 58.8 Å². The minimum Gasteiger partial charge on any atom is -0.464 e. The number of esters is 1. The van der Waals surface area contributed by atoms with E-state index in [1.165, 1.54) is 37.6 Å². The molecule has 1 atom stereocenters. The molecule has 0 aliphatic carbocycles. The van der Waals surface area contributed by atoms with Crippen LogP contribution in [-0.2, 0) is 14.3 Å². The number of ether oxygens (including phenoxy) is 2. The van der Waals surface area contributed by atoms with Crippen LogP contribution >= 0.6 is 0 Å². The lowest BCUT2D eigenvalue weighted by Crippen LogP contribution is -2.41. The van der Waals surface area contributed by atoms with Crippen molar-refractivity contribution in [1.29, 1.82) is 0 Å². The summed E-state index contributed by atoms with van der Waals surface area (Å²) in [7, 11) is 1.51. The Hall–Kier alpha value is -1.70. The van der Waals surface area contributed by atoms with E-state index >= 15 is 0 Å². The first-order chi connectivity index (χ1) is 10.5. The number of unbranched alkanes of at least 4 members (excludes halogenated alkanes) is 5. The largest absolute Gasteiger partial charge is 0.464 e. The molecule has 0 fully saturated rings. The van der Waals surface area contributed by atoms with Crippen LogP contribution in [0, 0.1) is 12.3 Å². The third kappa shape index (κ3) is 9.28. The highest BCUT2D eigenvalue weighted by atomic mass is 16.6. The highest BCUT2D eigenvalue weighted by Gasteiger charge is 2.24. The lowest BCUT2D eigenvalue weighted by molar-refractivity contribution is -0.148. The third-order valence-electron chi connectivity index (χ3n) is 3.42. The number of hydrogen-bond acceptors (Lipinski definition) is 4. The molecular formula is C17H29NO4. The molecule has 22 heavy (non-hydrogen) atoms. The molecule has 0 aromatic carbocycles. The zero-order chi connectivity index (χ0) is 16.8. The van der Waals surface area contributed by atoms with Gasteiger partial charge in [-0.2, -0.15) is 0 Å². The molecule has 1 unspecified atom stereocenters. The molecule has 0 N–H and O–H groups in total. The number of likely N-dealkylation sites (N-methyl/N-ethyl adjacent to an activating group) is 1. The summed E-state index contributed by atoms with van der Waals surface area (Å²) in [5.41, 5.74) is 0. The maximum atomic E-state index is 11.9. The summed E-state index contributed by atoms with van der Waals surface area (Å²) in [6, 6.07) is -0.668. The van der Waals surface area contributed by atoms with Crippen LogP contribution in [0.25, 0.3) is 0 Å². The smallest absolute Gasteiger partial charge is 0.410 e. The fourth-order valence-corrected chi connectivity index (χ4v) is 1.79. The topological polar surface area (TPSA) is 55.8 Å². The molecule has 0 radical (unpaired) electrons. The molecule has 1 amide bonds. The number of rotatable bonds is 11. The summed E-state index contributed by atoms with van der Waals surface area (Å²) in [5, 5.41) is 0. The predicted octanol–water partition coefficient (Wildman–Crippen LogP) is 3.37. The number of amides is 1. The van der Waals surface area contributed by atoms with Crippen molar-refractivity contribution in [2.24, 2.45) is 0 Å². The highest BCUT2D eigenvalue weighted by molar-refractivity contribution is 5.80. The van der Waals surface area contributed by atoms with Gasteiger partial charge in [-0.3, -0.25) is 4.90 Å². The van der Waals surface area contributed by atoms with E-state index in [0.29, 0.717) is 13.0 Å². The lowest BCUT2D eigenvalue weighted by Gasteiger charge is -2.22. The van der Waals surface area contributed by atoms with Gasteiger partial charge >= 0.3 is 12.1 Å². The first-order valence-corrected chi connectivity index (χ1v) is 8.04. The van der Waals surface area contributed by atoms with Crippen molar-refractivity contribution in [2.45, 2.75) is 64.8 Å². The lowest BCUT2D eigenvalue weighted by atomic mass is 10.1. The van der Waals surface area contributed by atoms with Crippen LogP contribution < -0.4 is 0 Å². The van der Waals surface area contributed by atoms with Gasteiger partial charge in [-0.1, -0.05) is 39.0 Å². The van der Waals surface area contributed by atoms with Gasteiger partial charge in [-0.05, 0) is 13.3 Å². The summed E-state index contributed by atoms with van der Waals surface area (Å²) in [6.45, 7) is 4.34. The van der Waals surface area contributed by atoms with Crippen LogP contribution in [-0.4, -0.2) is 43.3 Å². The molecule has 126 valence electrons. The second-order valence-electron chi connectivity index (χ2n) is 5.29. The molecule has 0 aromatic rings. The maximum absolute atomic E-state index is 11.9. The van der Waals surface area contributed by atoms with Crippen molar-refractivity contribution < 1.29 is 19.1 Å². The van der Waals surface area contributed by atoms with Gasteiger partial charge in [0.2, 0.25) is 0 Å². The van der Waals surface area contributed by atoms with Crippen molar-refractivity contribution in [3.63, 3.8) is 0 Å². The zero-order valence-electron chi connectivity index (χ0n) is 14.1. The second-order valence-corrected chi connectivity index (χ2v) is 5.29. The molecule has 0 aliphatic rings. The number of hydrogen-bond donors (Lipinski definition) is 0.